The Morgan fingerprint density at radius 1 is 1.31 bits per heavy atom. The second-order valence-corrected chi connectivity index (χ2v) is 5.49. The summed E-state index contributed by atoms with van der Waals surface area (Å²) in [6.45, 7) is -0.228. The van der Waals surface area contributed by atoms with Crippen molar-refractivity contribution in [1.29, 1.82) is 5.26 Å². The van der Waals surface area contributed by atoms with Gasteiger partial charge in [0.1, 0.15) is 17.5 Å². The van der Waals surface area contributed by atoms with Crippen LogP contribution in [0.15, 0.2) is 26.6 Å². The van der Waals surface area contributed by atoms with Crippen molar-refractivity contribution in [1.82, 2.24) is 23.7 Å². The van der Waals surface area contributed by atoms with E-state index in [1.165, 1.54) is 18.7 Å². The van der Waals surface area contributed by atoms with Crippen molar-refractivity contribution in [3.8, 4) is 6.07 Å². The molecule has 0 aromatic carbocycles. The second kappa shape index (κ2) is 5.81. The molecule has 132 valence electrons. The first-order chi connectivity index (χ1) is 12.2. The molecule has 1 N–H and O–H groups in total. The van der Waals surface area contributed by atoms with Crippen molar-refractivity contribution in [3.05, 3.63) is 65.0 Å². The predicted molar refractivity (Wildman–Crippen MR) is 87.7 cm³/mol. The Hall–Kier alpha value is -4.01. The Morgan fingerprint density at radius 3 is 2.62 bits per heavy atom. The Kier molecular flexibility index (Phi) is 3.76. The zero-order chi connectivity index (χ0) is 19.2. The highest BCUT2D eigenvalue weighted by atomic mass is 16.6. The molecule has 0 aliphatic heterocycles. The fraction of sp³-hybridized carbons (Fsp3) is 0.214. The van der Waals surface area contributed by atoms with E-state index in [-0.39, 0.29) is 29.1 Å². The summed E-state index contributed by atoms with van der Waals surface area (Å²) < 4.78 is 3.48. The largest absolute Gasteiger partial charge is 0.329 e. The lowest BCUT2D eigenvalue weighted by atomic mass is 10.2. The second-order valence-electron chi connectivity index (χ2n) is 5.49. The van der Waals surface area contributed by atoms with Gasteiger partial charge in [-0.15, -0.1) is 0 Å². The molecular weight excluding hydrogens is 346 g/mol. The van der Waals surface area contributed by atoms with Crippen LogP contribution in [0.4, 0.5) is 5.69 Å². The van der Waals surface area contributed by atoms with Gasteiger partial charge in [0.2, 0.25) is 0 Å². The maximum absolute atomic E-state index is 12.3. The summed E-state index contributed by atoms with van der Waals surface area (Å²) in [6.07, 6.45) is 0.992. The molecule has 0 aliphatic rings. The number of aryl methyl sites for hydroxylation is 2. The molecule has 26 heavy (non-hydrogen) atoms. The van der Waals surface area contributed by atoms with Gasteiger partial charge in [0.25, 0.3) is 16.8 Å². The van der Waals surface area contributed by atoms with Gasteiger partial charge >= 0.3 is 5.69 Å². The first-order valence-corrected chi connectivity index (χ1v) is 7.18. The molecule has 0 saturated carbocycles. The lowest BCUT2D eigenvalue weighted by Crippen LogP contribution is -2.29. The summed E-state index contributed by atoms with van der Waals surface area (Å²) in [6, 6.07) is 2.51. The molecule has 12 heteroatoms. The Morgan fingerprint density at radius 2 is 2.00 bits per heavy atom. The zero-order valence-corrected chi connectivity index (χ0v) is 13.6. The van der Waals surface area contributed by atoms with Crippen LogP contribution in [0.25, 0.3) is 11.2 Å². The van der Waals surface area contributed by atoms with Gasteiger partial charge in [-0.1, -0.05) is 0 Å². The third-order valence-corrected chi connectivity index (χ3v) is 3.94. The predicted octanol–water partition coefficient (Wildman–Crippen LogP) is -1.05. The normalized spacial score (nSPS) is 10.8. The summed E-state index contributed by atoms with van der Waals surface area (Å²) >= 11 is 0. The summed E-state index contributed by atoms with van der Waals surface area (Å²) in [5.74, 6) is 0.207. The molecule has 0 amide bonds. The lowest BCUT2D eigenvalue weighted by Gasteiger charge is -2.06. The van der Waals surface area contributed by atoms with Gasteiger partial charge in [0.15, 0.2) is 11.2 Å². The van der Waals surface area contributed by atoms with Crippen LogP contribution >= 0.6 is 0 Å². The van der Waals surface area contributed by atoms with E-state index in [0.29, 0.717) is 0 Å². The third kappa shape index (κ3) is 2.47. The molecular formula is C14H11N7O5. The van der Waals surface area contributed by atoms with Crippen molar-refractivity contribution in [3.63, 3.8) is 0 Å². The number of rotatable bonds is 3. The number of nitriles is 1. The lowest BCUT2D eigenvalue weighted by molar-refractivity contribution is -0.385. The molecule has 3 heterocycles. The van der Waals surface area contributed by atoms with Crippen LogP contribution in [0, 0.1) is 21.4 Å². The van der Waals surface area contributed by atoms with Crippen molar-refractivity contribution in [2.24, 2.45) is 14.1 Å². The number of nitro groups is 1. The number of pyridine rings is 1. The number of hydrogen-bond donors (Lipinski definition) is 1. The van der Waals surface area contributed by atoms with E-state index >= 15 is 0 Å². The Balaban J connectivity index is 2.24. The molecule has 3 aromatic rings. The molecule has 0 bridgehead atoms. The SMILES string of the molecule is Cn1c(Cn2cc([N+](=O)[O-])cc(C#N)c2=O)nc2c1c(=O)[nH]c(=O)n2C. The van der Waals surface area contributed by atoms with E-state index in [1.807, 2.05) is 0 Å². The quantitative estimate of drug-likeness (QED) is 0.462. The molecule has 0 unspecified atom stereocenters. The first-order valence-electron chi connectivity index (χ1n) is 7.18. The molecule has 0 radical (unpaired) electrons. The molecule has 0 saturated heterocycles. The van der Waals surface area contributed by atoms with Crippen molar-refractivity contribution in [2.75, 3.05) is 0 Å². The standard InChI is InChI=1S/C14H11N7O5/c1-18-9(16-11-10(18)12(22)17-14(24)19(11)2)6-20-5-8(21(25)26)3-7(4-15)13(20)23/h3,5H,6H2,1-2H3,(H,17,22,24). The van der Waals surface area contributed by atoms with Crippen molar-refractivity contribution < 1.29 is 4.92 Å². The summed E-state index contributed by atoms with van der Waals surface area (Å²) in [5.41, 5.74) is -2.61. The maximum Gasteiger partial charge on any atom is 0.329 e. The summed E-state index contributed by atoms with van der Waals surface area (Å²) in [5, 5.41) is 20.0. The number of imidazole rings is 1. The van der Waals surface area contributed by atoms with Crippen LogP contribution in [0.5, 0.6) is 0 Å². The van der Waals surface area contributed by atoms with E-state index < -0.39 is 27.4 Å². The number of aromatic nitrogens is 5. The van der Waals surface area contributed by atoms with Gasteiger partial charge in [0.05, 0.1) is 17.7 Å². The van der Waals surface area contributed by atoms with Crippen molar-refractivity contribution >= 4 is 16.9 Å². The van der Waals surface area contributed by atoms with Gasteiger partial charge in [-0.3, -0.25) is 29.3 Å². The van der Waals surface area contributed by atoms with Crippen LogP contribution in [0.2, 0.25) is 0 Å². The van der Waals surface area contributed by atoms with Gasteiger partial charge in [-0.05, 0) is 0 Å². The topological polar surface area (TPSA) is 162 Å². The molecule has 12 nitrogen and oxygen atoms in total. The smallest absolute Gasteiger partial charge is 0.324 e. The van der Waals surface area contributed by atoms with E-state index in [4.69, 9.17) is 5.26 Å². The van der Waals surface area contributed by atoms with Gasteiger partial charge in [-0.25, -0.2) is 9.78 Å². The average molecular weight is 357 g/mol. The fourth-order valence-corrected chi connectivity index (χ4v) is 2.56. The third-order valence-electron chi connectivity index (χ3n) is 3.94. The number of H-pyrrole nitrogens is 1. The van der Waals surface area contributed by atoms with Gasteiger partial charge in [-0.2, -0.15) is 5.26 Å². The highest BCUT2D eigenvalue weighted by molar-refractivity contribution is 5.70. The molecule has 3 aromatic heterocycles. The summed E-state index contributed by atoms with van der Waals surface area (Å²) in [7, 11) is 2.93. The molecule has 0 fully saturated rings. The number of aromatic amines is 1. The van der Waals surface area contributed by atoms with Crippen LogP contribution in [-0.4, -0.2) is 28.6 Å². The van der Waals surface area contributed by atoms with Gasteiger partial charge < -0.3 is 9.13 Å². The molecule has 0 aliphatic carbocycles. The molecule has 0 atom stereocenters. The summed E-state index contributed by atoms with van der Waals surface area (Å²) in [4.78, 5) is 52.6. The van der Waals surface area contributed by atoms with E-state index in [2.05, 4.69) is 9.97 Å². The number of nitrogens with zero attached hydrogens (tertiary/aromatic N) is 6. The number of fused-ring (bicyclic) bond motifs is 1. The highest BCUT2D eigenvalue weighted by Crippen LogP contribution is 2.13. The molecule has 3 rings (SSSR count). The minimum Gasteiger partial charge on any atom is -0.324 e. The molecule has 0 spiro atoms. The van der Waals surface area contributed by atoms with E-state index in [9.17, 15) is 24.5 Å². The minimum absolute atomic E-state index is 0.107. The number of hydrogen-bond acceptors (Lipinski definition) is 7. The van der Waals surface area contributed by atoms with E-state index in [0.717, 1.165) is 21.4 Å². The Bertz CT molecular complexity index is 1280. The van der Waals surface area contributed by atoms with Crippen LogP contribution < -0.4 is 16.8 Å². The maximum atomic E-state index is 12.3. The van der Waals surface area contributed by atoms with Crippen LogP contribution in [0.3, 0.4) is 0 Å². The highest BCUT2D eigenvalue weighted by Gasteiger charge is 2.18. The van der Waals surface area contributed by atoms with Crippen LogP contribution in [-0.2, 0) is 20.6 Å². The Labute approximate surface area is 143 Å². The van der Waals surface area contributed by atoms with Crippen LogP contribution in [0.1, 0.15) is 11.4 Å². The number of nitrogens with one attached hydrogen (secondary N) is 1. The minimum atomic E-state index is -0.729. The van der Waals surface area contributed by atoms with Gasteiger partial charge in [0, 0.05) is 20.2 Å². The zero-order valence-electron chi connectivity index (χ0n) is 13.6. The fourth-order valence-electron chi connectivity index (χ4n) is 2.56. The first kappa shape index (κ1) is 16.8. The average Bonchev–Trinajstić information content (AvgIpc) is 2.91. The van der Waals surface area contributed by atoms with Crippen molar-refractivity contribution in [2.45, 2.75) is 6.54 Å². The van der Waals surface area contributed by atoms with E-state index in [1.54, 1.807) is 6.07 Å². The monoisotopic (exact) mass is 357 g/mol.